The Morgan fingerprint density at radius 2 is 1.91 bits per heavy atom. The van der Waals surface area contributed by atoms with E-state index >= 15 is 0 Å². The van der Waals surface area contributed by atoms with Gasteiger partial charge in [0.1, 0.15) is 11.9 Å². The number of carboxylic acid groups (broad SMARTS) is 1. The van der Waals surface area contributed by atoms with Gasteiger partial charge in [0, 0.05) is 17.0 Å². The van der Waals surface area contributed by atoms with E-state index in [-0.39, 0.29) is 23.6 Å². The SMILES string of the molecule is C[C@]1(C(=O)N[C@@H]2C[C@H](c3cccc(C(=O)O)c3)Oc3ccccc32)CCc2ccc(Cl)cc21. The van der Waals surface area contributed by atoms with Gasteiger partial charge in [-0.05, 0) is 66.8 Å². The van der Waals surface area contributed by atoms with Gasteiger partial charge in [0.05, 0.1) is 17.0 Å². The summed E-state index contributed by atoms with van der Waals surface area (Å²) in [5.74, 6) is -0.326. The lowest BCUT2D eigenvalue weighted by Crippen LogP contribution is -2.44. The van der Waals surface area contributed by atoms with E-state index in [9.17, 15) is 14.7 Å². The number of aromatic carboxylic acids is 1. The lowest BCUT2D eigenvalue weighted by molar-refractivity contribution is -0.127. The Hall–Kier alpha value is -3.31. The standard InChI is InChI=1S/C27H24ClNO4/c1-27(12-11-16-9-10-19(28)14-21(16)27)26(32)29-22-15-24(33-23-8-3-2-7-20(22)23)17-5-4-6-18(13-17)25(30)31/h2-10,13-14,22,24H,11-12,15H2,1H3,(H,29,32)(H,30,31)/t22-,24-,27+/m1/s1. The summed E-state index contributed by atoms with van der Waals surface area (Å²) in [6.45, 7) is 1.98. The van der Waals surface area contributed by atoms with Crippen LogP contribution < -0.4 is 10.1 Å². The van der Waals surface area contributed by atoms with Gasteiger partial charge in [-0.1, -0.05) is 48.0 Å². The van der Waals surface area contributed by atoms with Crippen molar-refractivity contribution in [3.8, 4) is 5.75 Å². The van der Waals surface area contributed by atoms with Crippen LogP contribution in [0.15, 0.2) is 66.7 Å². The Morgan fingerprint density at radius 1 is 1.09 bits per heavy atom. The van der Waals surface area contributed by atoms with Gasteiger partial charge in [0.2, 0.25) is 5.91 Å². The normalized spacial score (nSPS) is 23.2. The van der Waals surface area contributed by atoms with Crippen molar-refractivity contribution in [2.45, 2.75) is 43.7 Å². The minimum absolute atomic E-state index is 0.0387. The second-order valence-corrected chi connectivity index (χ2v) is 9.41. The predicted molar refractivity (Wildman–Crippen MR) is 126 cm³/mol. The van der Waals surface area contributed by atoms with Crippen LogP contribution >= 0.6 is 11.6 Å². The molecule has 1 amide bonds. The summed E-state index contributed by atoms with van der Waals surface area (Å²) >= 11 is 6.25. The first-order valence-corrected chi connectivity index (χ1v) is 11.4. The van der Waals surface area contributed by atoms with Crippen molar-refractivity contribution in [2.24, 2.45) is 0 Å². The fraction of sp³-hybridized carbons (Fsp3) is 0.259. The van der Waals surface area contributed by atoms with Crippen molar-refractivity contribution in [2.75, 3.05) is 0 Å². The summed E-state index contributed by atoms with van der Waals surface area (Å²) in [5.41, 5.74) is 3.39. The van der Waals surface area contributed by atoms with E-state index < -0.39 is 11.4 Å². The molecule has 0 bridgehead atoms. The molecule has 0 aromatic heterocycles. The molecule has 0 saturated carbocycles. The molecular weight excluding hydrogens is 438 g/mol. The first kappa shape index (κ1) is 21.5. The predicted octanol–water partition coefficient (Wildman–Crippen LogP) is 5.62. The number of para-hydroxylation sites is 1. The molecule has 0 radical (unpaired) electrons. The third kappa shape index (κ3) is 3.87. The zero-order chi connectivity index (χ0) is 23.2. The minimum atomic E-state index is -0.982. The van der Waals surface area contributed by atoms with E-state index in [2.05, 4.69) is 5.32 Å². The molecule has 168 valence electrons. The summed E-state index contributed by atoms with van der Waals surface area (Å²) in [4.78, 5) is 25.1. The second kappa shape index (κ2) is 8.23. The van der Waals surface area contributed by atoms with Gasteiger partial charge in [-0.15, -0.1) is 0 Å². The van der Waals surface area contributed by atoms with Crippen molar-refractivity contribution in [3.05, 3.63) is 99.6 Å². The van der Waals surface area contributed by atoms with Gasteiger partial charge in [-0.25, -0.2) is 4.79 Å². The summed E-state index contributed by atoms with van der Waals surface area (Å²) in [5, 5.41) is 13.3. The quantitative estimate of drug-likeness (QED) is 0.528. The average molecular weight is 462 g/mol. The monoisotopic (exact) mass is 461 g/mol. The first-order valence-electron chi connectivity index (χ1n) is 11.0. The zero-order valence-corrected chi connectivity index (χ0v) is 18.9. The third-order valence-electron chi connectivity index (χ3n) is 6.89. The Morgan fingerprint density at radius 3 is 2.73 bits per heavy atom. The number of nitrogens with one attached hydrogen (secondary N) is 1. The van der Waals surface area contributed by atoms with Crippen molar-refractivity contribution < 1.29 is 19.4 Å². The van der Waals surface area contributed by atoms with Crippen LogP contribution in [0.1, 0.15) is 64.5 Å². The lowest BCUT2D eigenvalue weighted by atomic mass is 9.82. The number of aryl methyl sites for hydroxylation is 1. The lowest BCUT2D eigenvalue weighted by Gasteiger charge is -2.35. The van der Waals surface area contributed by atoms with Crippen LogP contribution in [0.3, 0.4) is 0 Å². The van der Waals surface area contributed by atoms with Gasteiger partial charge in [0.25, 0.3) is 0 Å². The highest BCUT2D eigenvalue weighted by Gasteiger charge is 2.43. The van der Waals surface area contributed by atoms with E-state index in [0.29, 0.717) is 17.2 Å². The molecule has 6 heteroatoms. The highest BCUT2D eigenvalue weighted by atomic mass is 35.5. The molecule has 1 aliphatic heterocycles. The molecular formula is C27H24ClNO4. The van der Waals surface area contributed by atoms with Crippen LogP contribution in [0.5, 0.6) is 5.75 Å². The fourth-order valence-corrected chi connectivity index (χ4v) is 5.16. The second-order valence-electron chi connectivity index (χ2n) is 8.97. The van der Waals surface area contributed by atoms with Crippen molar-refractivity contribution >= 4 is 23.5 Å². The molecule has 0 spiro atoms. The van der Waals surface area contributed by atoms with Crippen molar-refractivity contribution in [1.29, 1.82) is 0 Å². The molecule has 3 atom stereocenters. The molecule has 2 N–H and O–H groups in total. The molecule has 0 unspecified atom stereocenters. The largest absolute Gasteiger partial charge is 0.485 e. The smallest absolute Gasteiger partial charge is 0.335 e. The Labute approximate surface area is 197 Å². The molecule has 0 fully saturated rings. The summed E-state index contributed by atoms with van der Waals surface area (Å²) in [6.07, 6.45) is 1.70. The molecule has 2 aliphatic rings. The number of rotatable bonds is 4. The maximum absolute atomic E-state index is 13.6. The van der Waals surface area contributed by atoms with Crippen LogP contribution in [0.2, 0.25) is 5.02 Å². The number of carboxylic acids is 1. The topological polar surface area (TPSA) is 75.6 Å². The zero-order valence-electron chi connectivity index (χ0n) is 18.2. The number of carbonyl (C=O) groups excluding carboxylic acids is 1. The summed E-state index contributed by atoms with van der Waals surface area (Å²) in [6, 6.07) is 20.0. The molecule has 0 saturated heterocycles. The van der Waals surface area contributed by atoms with Crippen LogP contribution in [0.25, 0.3) is 0 Å². The van der Waals surface area contributed by atoms with Crippen LogP contribution in [0.4, 0.5) is 0 Å². The molecule has 1 aliphatic carbocycles. The number of carbonyl (C=O) groups is 2. The molecule has 3 aromatic rings. The highest BCUT2D eigenvalue weighted by Crippen LogP contribution is 2.44. The maximum atomic E-state index is 13.6. The van der Waals surface area contributed by atoms with E-state index in [1.165, 1.54) is 0 Å². The number of amides is 1. The van der Waals surface area contributed by atoms with E-state index in [4.69, 9.17) is 16.3 Å². The van der Waals surface area contributed by atoms with Crippen molar-refractivity contribution in [1.82, 2.24) is 5.32 Å². The van der Waals surface area contributed by atoms with Gasteiger partial charge in [-0.3, -0.25) is 4.79 Å². The van der Waals surface area contributed by atoms with Crippen LogP contribution in [-0.2, 0) is 16.6 Å². The molecule has 1 heterocycles. The molecule has 3 aromatic carbocycles. The fourth-order valence-electron chi connectivity index (χ4n) is 4.98. The van der Waals surface area contributed by atoms with Crippen LogP contribution in [0, 0.1) is 0 Å². The van der Waals surface area contributed by atoms with Gasteiger partial charge < -0.3 is 15.2 Å². The Balaban J connectivity index is 1.45. The van der Waals surface area contributed by atoms with Gasteiger partial charge in [-0.2, -0.15) is 0 Å². The third-order valence-corrected chi connectivity index (χ3v) is 7.12. The van der Waals surface area contributed by atoms with E-state index in [0.717, 1.165) is 35.1 Å². The number of fused-ring (bicyclic) bond motifs is 2. The van der Waals surface area contributed by atoms with Crippen LogP contribution in [-0.4, -0.2) is 17.0 Å². The number of hydrogen-bond donors (Lipinski definition) is 2. The van der Waals surface area contributed by atoms with Crippen molar-refractivity contribution in [3.63, 3.8) is 0 Å². The average Bonchev–Trinajstić information content (AvgIpc) is 3.16. The molecule has 5 nitrogen and oxygen atoms in total. The number of hydrogen-bond acceptors (Lipinski definition) is 3. The summed E-state index contributed by atoms with van der Waals surface area (Å²) in [7, 11) is 0. The number of benzene rings is 3. The summed E-state index contributed by atoms with van der Waals surface area (Å²) < 4.78 is 6.23. The van der Waals surface area contributed by atoms with Gasteiger partial charge >= 0.3 is 5.97 Å². The number of ether oxygens (including phenoxy) is 1. The Kier molecular flexibility index (Phi) is 5.37. The molecule has 5 rings (SSSR count). The Bertz CT molecular complexity index is 1260. The maximum Gasteiger partial charge on any atom is 0.335 e. The van der Waals surface area contributed by atoms with E-state index in [1.807, 2.05) is 55.5 Å². The highest BCUT2D eigenvalue weighted by molar-refractivity contribution is 6.30. The van der Waals surface area contributed by atoms with Gasteiger partial charge in [0.15, 0.2) is 0 Å². The number of halogens is 1. The minimum Gasteiger partial charge on any atom is -0.485 e. The first-order chi connectivity index (χ1) is 15.8. The molecule has 33 heavy (non-hydrogen) atoms. The van der Waals surface area contributed by atoms with E-state index in [1.54, 1.807) is 18.2 Å².